The first-order chi connectivity index (χ1) is 10.3. The molecule has 0 bridgehead atoms. The van der Waals surface area contributed by atoms with Gasteiger partial charge in [0.05, 0.1) is 6.21 Å². The van der Waals surface area contributed by atoms with Crippen LogP contribution in [-0.4, -0.2) is 37.3 Å². The molecule has 0 spiro atoms. The van der Waals surface area contributed by atoms with Crippen molar-refractivity contribution in [3.63, 3.8) is 0 Å². The summed E-state index contributed by atoms with van der Waals surface area (Å²) >= 11 is 0. The Morgan fingerprint density at radius 1 is 1.14 bits per heavy atom. The van der Waals surface area contributed by atoms with Gasteiger partial charge in [-0.1, -0.05) is 36.4 Å². The zero-order chi connectivity index (χ0) is 14.5. The predicted molar refractivity (Wildman–Crippen MR) is 104 cm³/mol. The highest BCUT2D eigenvalue weighted by molar-refractivity contribution is 14.0. The first-order valence-corrected chi connectivity index (χ1v) is 7.38. The minimum Gasteiger partial charge on any atom is -0.355 e. The zero-order valence-electron chi connectivity index (χ0n) is 12.7. The van der Waals surface area contributed by atoms with Gasteiger partial charge in [0.25, 0.3) is 0 Å². The average Bonchev–Trinajstić information content (AvgIpc) is 2.81. The van der Waals surface area contributed by atoms with E-state index >= 15 is 0 Å². The Morgan fingerprint density at radius 3 is 2.82 bits per heavy atom. The van der Waals surface area contributed by atoms with Crippen LogP contribution >= 0.6 is 24.0 Å². The van der Waals surface area contributed by atoms with E-state index in [4.69, 9.17) is 0 Å². The van der Waals surface area contributed by atoms with E-state index in [0.717, 1.165) is 37.5 Å². The lowest BCUT2D eigenvalue weighted by Crippen LogP contribution is -2.35. The van der Waals surface area contributed by atoms with Gasteiger partial charge in [0.15, 0.2) is 0 Å². The fraction of sp³-hybridized carbons (Fsp3) is 0.294. The van der Waals surface area contributed by atoms with Crippen molar-refractivity contribution in [2.24, 2.45) is 10.1 Å². The summed E-state index contributed by atoms with van der Waals surface area (Å²) in [7, 11) is 1.93. The number of hydrazone groups is 1. The van der Waals surface area contributed by atoms with Crippen molar-refractivity contribution in [1.82, 2.24) is 10.3 Å². The maximum absolute atomic E-state index is 4.50. The number of halogens is 1. The molecule has 1 heterocycles. The molecule has 1 aliphatic rings. The number of nitrogens with one attached hydrogen (secondary N) is 1. The minimum atomic E-state index is 0. The van der Waals surface area contributed by atoms with Gasteiger partial charge < -0.3 is 5.32 Å². The Bertz CT molecular complexity index is 681. The Morgan fingerprint density at radius 2 is 1.95 bits per heavy atom. The number of rotatable bonds is 2. The van der Waals surface area contributed by atoms with Crippen LogP contribution in [0, 0.1) is 0 Å². The quantitative estimate of drug-likeness (QED) is 0.470. The van der Waals surface area contributed by atoms with Gasteiger partial charge in [0.2, 0.25) is 5.96 Å². The third-order valence-electron chi connectivity index (χ3n) is 3.59. The van der Waals surface area contributed by atoms with Crippen LogP contribution in [-0.2, 0) is 0 Å². The second-order valence-electron chi connectivity index (χ2n) is 5.21. The van der Waals surface area contributed by atoms with Crippen molar-refractivity contribution in [2.45, 2.75) is 12.8 Å². The smallest absolute Gasteiger partial charge is 0.214 e. The van der Waals surface area contributed by atoms with Gasteiger partial charge in [-0.25, -0.2) is 5.01 Å². The Balaban J connectivity index is 0.00000176. The summed E-state index contributed by atoms with van der Waals surface area (Å²) in [6, 6.07) is 14.7. The molecule has 4 nitrogen and oxygen atoms in total. The summed E-state index contributed by atoms with van der Waals surface area (Å²) in [4.78, 5) is 4.50. The first-order valence-electron chi connectivity index (χ1n) is 7.38. The highest BCUT2D eigenvalue weighted by Crippen LogP contribution is 2.14. The maximum Gasteiger partial charge on any atom is 0.214 e. The number of nitrogens with zero attached hydrogens (tertiary/aromatic N) is 3. The van der Waals surface area contributed by atoms with Gasteiger partial charge >= 0.3 is 0 Å². The monoisotopic (exact) mass is 408 g/mol. The molecule has 1 aliphatic heterocycles. The molecule has 0 amide bonds. The lowest BCUT2D eigenvalue weighted by molar-refractivity contribution is 0.521. The van der Waals surface area contributed by atoms with Gasteiger partial charge in [0.1, 0.15) is 0 Å². The Hall–Kier alpha value is -1.63. The maximum atomic E-state index is 4.50. The second-order valence-corrected chi connectivity index (χ2v) is 5.21. The van der Waals surface area contributed by atoms with Gasteiger partial charge in [0, 0.05) is 20.1 Å². The van der Waals surface area contributed by atoms with Gasteiger partial charge in [-0.15, -0.1) is 24.0 Å². The normalized spacial score (nSPS) is 14.9. The highest BCUT2D eigenvalue weighted by atomic mass is 127. The third kappa shape index (κ3) is 4.19. The molecule has 116 valence electrons. The molecule has 0 fully saturated rings. The minimum absolute atomic E-state index is 0. The van der Waals surface area contributed by atoms with Crippen LogP contribution in [0.3, 0.4) is 0 Å². The largest absolute Gasteiger partial charge is 0.355 e. The van der Waals surface area contributed by atoms with E-state index in [-0.39, 0.29) is 24.0 Å². The molecule has 0 aromatic heterocycles. The van der Waals surface area contributed by atoms with Crippen LogP contribution in [0.5, 0.6) is 0 Å². The molecule has 0 saturated carbocycles. The molecular formula is C17H21IN4. The van der Waals surface area contributed by atoms with E-state index < -0.39 is 0 Å². The molecule has 3 rings (SSSR count). The predicted octanol–water partition coefficient (Wildman–Crippen LogP) is 3.46. The molecule has 0 aliphatic carbocycles. The molecule has 5 heteroatoms. The summed E-state index contributed by atoms with van der Waals surface area (Å²) in [5.74, 6) is 0.851. The topological polar surface area (TPSA) is 40.0 Å². The van der Waals surface area contributed by atoms with Crippen molar-refractivity contribution >= 4 is 46.9 Å². The van der Waals surface area contributed by atoms with E-state index in [0.29, 0.717) is 0 Å². The molecule has 0 saturated heterocycles. The molecule has 0 radical (unpaired) electrons. The number of hydrogen-bond acceptors (Lipinski definition) is 4. The summed E-state index contributed by atoms with van der Waals surface area (Å²) < 4.78 is 0. The molecule has 22 heavy (non-hydrogen) atoms. The van der Waals surface area contributed by atoms with Gasteiger partial charge in [-0.05, 0) is 35.2 Å². The van der Waals surface area contributed by atoms with Crippen molar-refractivity contribution in [1.29, 1.82) is 0 Å². The standard InChI is InChI=1S/C17H20N4.HI/c1-21(17-18-10-4-5-11-19-17)20-13-14-8-9-15-6-2-3-7-16(15)12-14;/h2-3,6-9,12-13H,4-5,10-11H2,1H3,(H,18,19);1H/b20-13-;. The van der Waals surface area contributed by atoms with Crippen LogP contribution in [0.2, 0.25) is 0 Å². The van der Waals surface area contributed by atoms with Crippen LogP contribution in [0.1, 0.15) is 18.4 Å². The fourth-order valence-electron chi connectivity index (χ4n) is 2.39. The number of fused-ring (bicyclic) bond motifs is 1. The van der Waals surface area contributed by atoms with Crippen molar-refractivity contribution in [3.05, 3.63) is 48.0 Å². The third-order valence-corrected chi connectivity index (χ3v) is 3.59. The van der Waals surface area contributed by atoms with Gasteiger partial charge in [-0.2, -0.15) is 5.10 Å². The number of aliphatic imine (C=N–C) groups is 1. The number of guanidine groups is 1. The Labute approximate surface area is 148 Å². The van der Waals surface area contributed by atoms with Crippen LogP contribution < -0.4 is 5.32 Å². The Kier molecular flexibility index (Phi) is 6.18. The van der Waals surface area contributed by atoms with E-state index in [2.05, 4.69) is 57.9 Å². The van der Waals surface area contributed by atoms with E-state index in [1.165, 1.54) is 10.8 Å². The SMILES string of the molecule is CN(/N=C\c1ccc2ccccc2c1)C1=NCCCCN1.I. The average molecular weight is 408 g/mol. The van der Waals surface area contributed by atoms with Crippen LogP contribution in [0.15, 0.2) is 52.6 Å². The molecule has 2 aromatic carbocycles. The van der Waals surface area contributed by atoms with E-state index in [9.17, 15) is 0 Å². The summed E-state index contributed by atoms with van der Waals surface area (Å²) in [5, 5.41) is 12.1. The second kappa shape index (κ2) is 8.12. The summed E-state index contributed by atoms with van der Waals surface area (Å²) in [6.45, 7) is 1.84. The first kappa shape index (κ1) is 16.7. The van der Waals surface area contributed by atoms with Crippen molar-refractivity contribution in [2.75, 3.05) is 20.1 Å². The fourth-order valence-corrected chi connectivity index (χ4v) is 2.39. The van der Waals surface area contributed by atoms with Crippen LogP contribution in [0.4, 0.5) is 0 Å². The van der Waals surface area contributed by atoms with E-state index in [1.807, 2.05) is 13.3 Å². The van der Waals surface area contributed by atoms with Crippen molar-refractivity contribution < 1.29 is 0 Å². The molecule has 0 unspecified atom stereocenters. The lowest BCUT2D eigenvalue weighted by atomic mass is 10.1. The number of hydrogen-bond donors (Lipinski definition) is 1. The molecule has 1 N–H and O–H groups in total. The summed E-state index contributed by atoms with van der Waals surface area (Å²) in [5.41, 5.74) is 1.09. The molecule has 2 aromatic rings. The molecular weight excluding hydrogens is 387 g/mol. The van der Waals surface area contributed by atoms with E-state index in [1.54, 1.807) is 5.01 Å². The lowest BCUT2D eigenvalue weighted by Gasteiger charge is -2.15. The van der Waals surface area contributed by atoms with Crippen LogP contribution in [0.25, 0.3) is 10.8 Å². The summed E-state index contributed by atoms with van der Waals surface area (Å²) in [6.07, 6.45) is 4.18. The zero-order valence-corrected chi connectivity index (χ0v) is 15.0. The highest BCUT2D eigenvalue weighted by Gasteiger charge is 2.06. The number of benzene rings is 2. The van der Waals surface area contributed by atoms with Crippen molar-refractivity contribution in [3.8, 4) is 0 Å². The molecule has 0 atom stereocenters. The van der Waals surface area contributed by atoms with Gasteiger partial charge in [-0.3, -0.25) is 4.99 Å².